The summed E-state index contributed by atoms with van der Waals surface area (Å²) in [6.07, 6.45) is 8.48. The molecule has 2 rings (SSSR count). The number of carbonyl (C=O) groups excluding carboxylic acids is 1. The van der Waals surface area contributed by atoms with E-state index in [1.807, 2.05) is 6.92 Å². The van der Waals surface area contributed by atoms with Crippen molar-refractivity contribution in [3.05, 3.63) is 18.5 Å². The second-order valence-electron chi connectivity index (χ2n) is 5.15. The Labute approximate surface area is 107 Å². The number of amides is 1. The van der Waals surface area contributed by atoms with Gasteiger partial charge in [0.05, 0.1) is 12.1 Å². The Morgan fingerprint density at radius 1 is 1.50 bits per heavy atom. The molecule has 1 aliphatic rings. The Morgan fingerprint density at radius 3 is 2.78 bits per heavy atom. The largest absolute Gasteiger partial charge is 0.394 e. The molecule has 0 radical (unpaired) electrons. The van der Waals surface area contributed by atoms with Crippen LogP contribution in [0.5, 0.6) is 0 Å². The number of nitrogens with one attached hydrogen (secondary N) is 1. The average molecular weight is 251 g/mol. The predicted molar refractivity (Wildman–Crippen MR) is 68.0 cm³/mol. The first-order valence-electron chi connectivity index (χ1n) is 6.59. The van der Waals surface area contributed by atoms with Crippen molar-refractivity contribution in [2.75, 3.05) is 6.61 Å². The molecule has 2 N–H and O–H groups in total. The number of aromatic nitrogens is 2. The molecular weight excluding hydrogens is 230 g/mol. The summed E-state index contributed by atoms with van der Waals surface area (Å²) in [6.45, 7) is 1.83. The van der Waals surface area contributed by atoms with Crippen LogP contribution >= 0.6 is 0 Å². The van der Waals surface area contributed by atoms with Gasteiger partial charge in [-0.3, -0.25) is 9.48 Å². The number of hydrogen-bond acceptors (Lipinski definition) is 3. The molecule has 0 spiro atoms. The molecule has 5 heteroatoms. The van der Waals surface area contributed by atoms with Gasteiger partial charge in [-0.1, -0.05) is 19.3 Å². The molecule has 0 aromatic carbocycles. The topological polar surface area (TPSA) is 67.2 Å². The maximum atomic E-state index is 12.2. The van der Waals surface area contributed by atoms with E-state index >= 15 is 0 Å². The number of rotatable bonds is 4. The summed E-state index contributed by atoms with van der Waals surface area (Å²) in [6, 6.07) is 1.46. The molecule has 1 fully saturated rings. The molecule has 0 aliphatic heterocycles. The molecule has 1 aromatic heterocycles. The van der Waals surface area contributed by atoms with Gasteiger partial charge < -0.3 is 10.4 Å². The van der Waals surface area contributed by atoms with Crippen LogP contribution in [0.2, 0.25) is 0 Å². The van der Waals surface area contributed by atoms with E-state index in [0.717, 1.165) is 25.7 Å². The molecule has 1 saturated carbocycles. The normalized spacial score (nSPS) is 20.3. The van der Waals surface area contributed by atoms with Crippen LogP contribution in [0, 0.1) is 0 Å². The second-order valence-corrected chi connectivity index (χ2v) is 5.15. The lowest BCUT2D eigenvalue weighted by Gasteiger charge is -2.37. The van der Waals surface area contributed by atoms with Crippen LogP contribution in [0.4, 0.5) is 0 Å². The molecule has 1 amide bonds. The molecule has 5 nitrogen and oxygen atoms in total. The van der Waals surface area contributed by atoms with Gasteiger partial charge >= 0.3 is 0 Å². The van der Waals surface area contributed by atoms with Gasteiger partial charge in [-0.25, -0.2) is 0 Å². The highest BCUT2D eigenvalue weighted by Crippen LogP contribution is 2.28. The maximum Gasteiger partial charge on any atom is 0.245 e. The van der Waals surface area contributed by atoms with Crippen LogP contribution in [0.1, 0.15) is 45.1 Å². The SMILES string of the molecule is CC(C(=O)NC1(CO)CCCCC1)n1cccn1. The molecule has 1 aliphatic carbocycles. The first kappa shape index (κ1) is 13.1. The molecule has 1 heterocycles. The van der Waals surface area contributed by atoms with Crippen molar-refractivity contribution in [1.82, 2.24) is 15.1 Å². The van der Waals surface area contributed by atoms with Crippen molar-refractivity contribution in [2.24, 2.45) is 0 Å². The van der Waals surface area contributed by atoms with Crippen LogP contribution in [0.25, 0.3) is 0 Å². The Morgan fingerprint density at radius 2 is 2.22 bits per heavy atom. The van der Waals surface area contributed by atoms with Crippen LogP contribution in [-0.4, -0.2) is 32.9 Å². The zero-order chi connectivity index (χ0) is 13.0. The van der Waals surface area contributed by atoms with Crippen molar-refractivity contribution >= 4 is 5.91 Å². The number of aliphatic hydroxyl groups is 1. The van der Waals surface area contributed by atoms with Crippen molar-refractivity contribution in [2.45, 2.75) is 50.6 Å². The fourth-order valence-corrected chi connectivity index (χ4v) is 2.55. The fourth-order valence-electron chi connectivity index (χ4n) is 2.55. The van der Waals surface area contributed by atoms with E-state index in [-0.39, 0.29) is 18.6 Å². The average Bonchev–Trinajstić information content (AvgIpc) is 2.92. The molecule has 1 atom stereocenters. The van der Waals surface area contributed by atoms with Crippen molar-refractivity contribution in [3.8, 4) is 0 Å². The predicted octanol–water partition coefficient (Wildman–Crippen LogP) is 1.26. The first-order valence-corrected chi connectivity index (χ1v) is 6.59. The fraction of sp³-hybridized carbons (Fsp3) is 0.692. The van der Waals surface area contributed by atoms with Crippen LogP contribution in [0.15, 0.2) is 18.5 Å². The third kappa shape index (κ3) is 2.72. The highest BCUT2D eigenvalue weighted by Gasteiger charge is 2.34. The lowest BCUT2D eigenvalue weighted by Crippen LogP contribution is -2.54. The maximum absolute atomic E-state index is 12.2. The van der Waals surface area contributed by atoms with Gasteiger partial charge in [0.2, 0.25) is 5.91 Å². The van der Waals surface area contributed by atoms with E-state index in [1.165, 1.54) is 6.42 Å². The second kappa shape index (κ2) is 5.52. The Kier molecular flexibility index (Phi) is 4.01. The quantitative estimate of drug-likeness (QED) is 0.846. The Balaban J connectivity index is 2.01. The van der Waals surface area contributed by atoms with Crippen molar-refractivity contribution in [1.29, 1.82) is 0 Å². The van der Waals surface area contributed by atoms with E-state index in [9.17, 15) is 9.90 Å². The first-order chi connectivity index (χ1) is 8.67. The number of nitrogens with zero attached hydrogens (tertiary/aromatic N) is 2. The Hall–Kier alpha value is -1.36. The van der Waals surface area contributed by atoms with Crippen LogP contribution in [-0.2, 0) is 4.79 Å². The lowest BCUT2D eigenvalue weighted by molar-refractivity contribution is -0.127. The highest BCUT2D eigenvalue weighted by molar-refractivity contribution is 5.80. The van der Waals surface area contributed by atoms with Crippen LogP contribution in [0.3, 0.4) is 0 Å². The molecule has 0 saturated heterocycles. The lowest BCUT2D eigenvalue weighted by atomic mass is 9.82. The summed E-state index contributed by atoms with van der Waals surface area (Å²) < 4.78 is 1.63. The monoisotopic (exact) mass is 251 g/mol. The highest BCUT2D eigenvalue weighted by atomic mass is 16.3. The van der Waals surface area contributed by atoms with Gasteiger partial charge in [-0.15, -0.1) is 0 Å². The van der Waals surface area contributed by atoms with E-state index in [0.29, 0.717) is 0 Å². The van der Waals surface area contributed by atoms with E-state index < -0.39 is 5.54 Å². The van der Waals surface area contributed by atoms with Gasteiger partial charge in [0.1, 0.15) is 6.04 Å². The number of carbonyl (C=O) groups is 1. The summed E-state index contributed by atoms with van der Waals surface area (Å²) in [5.74, 6) is -0.0744. The van der Waals surface area contributed by atoms with Gasteiger partial charge in [0.25, 0.3) is 0 Å². The minimum absolute atomic E-state index is 0.0184. The molecule has 0 bridgehead atoms. The molecule has 18 heavy (non-hydrogen) atoms. The zero-order valence-corrected chi connectivity index (χ0v) is 10.8. The summed E-state index contributed by atoms with van der Waals surface area (Å²) in [4.78, 5) is 12.2. The third-order valence-electron chi connectivity index (χ3n) is 3.80. The smallest absolute Gasteiger partial charge is 0.245 e. The van der Waals surface area contributed by atoms with Crippen molar-refractivity contribution in [3.63, 3.8) is 0 Å². The van der Waals surface area contributed by atoms with Gasteiger partial charge in [-0.05, 0) is 25.8 Å². The minimum Gasteiger partial charge on any atom is -0.394 e. The van der Waals surface area contributed by atoms with E-state index in [1.54, 1.807) is 23.1 Å². The molecule has 100 valence electrons. The molecule has 1 unspecified atom stereocenters. The zero-order valence-electron chi connectivity index (χ0n) is 10.8. The number of hydrogen-bond donors (Lipinski definition) is 2. The molecular formula is C13H21N3O2. The summed E-state index contributed by atoms with van der Waals surface area (Å²) in [7, 11) is 0. The number of aliphatic hydroxyl groups excluding tert-OH is 1. The van der Waals surface area contributed by atoms with E-state index in [4.69, 9.17) is 0 Å². The molecule has 1 aromatic rings. The van der Waals surface area contributed by atoms with Crippen molar-refractivity contribution < 1.29 is 9.90 Å². The van der Waals surface area contributed by atoms with E-state index in [2.05, 4.69) is 10.4 Å². The van der Waals surface area contributed by atoms with Crippen LogP contribution < -0.4 is 5.32 Å². The minimum atomic E-state index is -0.420. The standard InChI is InChI=1S/C13H21N3O2/c1-11(16-9-5-8-14-16)12(18)15-13(10-17)6-3-2-4-7-13/h5,8-9,11,17H,2-4,6-7,10H2,1H3,(H,15,18). The van der Waals surface area contributed by atoms with Gasteiger partial charge in [0.15, 0.2) is 0 Å². The van der Waals surface area contributed by atoms with Gasteiger partial charge in [0, 0.05) is 12.4 Å². The van der Waals surface area contributed by atoms with Gasteiger partial charge in [-0.2, -0.15) is 5.10 Å². The summed E-state index contributed by atoms with van der Waals surface area (Å²) in [5.41, 5.74) is -0.420. The summed E-state index contributed by atoms with van der Waals surface area (Å²) >= 11 is 0. The summed E-state index contributed by atoms with van der Waals surface area (Å²) in [5, 5.41) is 16.7. The Bertz CT molecular complexity index is 383. The third-order valence-corrected chi connectivity index (χ3v) is 3.80.